The number of pyridine rings is 1. The van der Waals surface area contributed by atoms with Crippen LogP contribution in [0.5, 0.6) is 0 Å². The lowest BCUT2D eigenvalue weighted by atomic mass is 9.97. The Morgan fingerprint density at radius 1 is 1.06 bits per heavy atom. The maximum Gasteiger partial charge on any atom is 0.330 e. The number of nitrogens with zero attached hydrogens (tertiary/aromatic N) is 5. The van der Waals surface area contributed by atoms with Gasteiger partial charge in [-0.25, -0.2) is 9.78 Å². The largest absolute Gasteiger partial charge is 0.340 e. The molecule has 3 heterocycles. The number of aryl methyl sites for hydroxylation is 1. The zero-order valence-corrected chi connectivity index (χ0v) is 20.8. The summed E-state index contributed by atoms with van der Waals surface area (Å²) in [6.07, 6.45) is 2.55. The van der Waals surface area contributed by atoms with Gasteiger partial charge in [0.1, 0.15) is 0 Å². The van der Waals surface area contributed by atoms with Crippen molar-refractivity contribution in [1.82, 2.24) is 23.9 Å². The highest BCUT2D eigenvalue weighted by Crippen LogP contribution is 2.30. The average Bonchev–Trinajstić information content (AvgIpc) is 3.58. The third kappa shape index (κ3) is 4.80. The Kier molecular flexibility index (Phi) is 5.84. The van der Waals surface area contributed by atoms with E-state index in [4.69, 9.17) is 4.98 Å². The summed E-state index contributed by atoms with van der Waals surface area (Å²) >= 11 is 0. The zero-order valence-electron chi connectivity index (χ0n) is 20.8. The van der Waals surface area contributed by atoms with Crippen LogP contribution in [0.2, 0.25) is 0 Å². The first-order chi connectivity index (χ1) is 16.2. The van der Waals surface area contributed by atoms with E-state index in [-0.39, 0.29) is 17.0 Å². The quantitative estimate of drug-likeness (QED) is 0.564. The summed E-state index contributed by atoms with van der Waals surface area (Å²) in [5.74, 6) is 0.990. The molecule has 3 aromatic rings. The van der Waals surface area contributed by atoms with Gasteiger partial charge in [0.2, 0.25) is 5.91 Å². The summed E-state index contributed by atoms with van der Waals surface area (Å²) in [4.78, 5) is 34.6. The van der Waals surface area contributed by atoms with Crippen LogP contribution in [0.1, 0.15) is 39.2 Å². The molecular formula is C27H35N5O2. The fourth-order valence-corrected chi connectivity index (χ4v) is 4.85. The number of imidazole rings is 1. The SMILES string of the molecule is Cn1c(=O)n(CC(C)(C)C)c2ccc(-c3cccc(CN4CCN(CC5CC5)C(=O)C4)c3)nc21. The summed E-state index contributed by atoms with van der Waals surface area (Å²) in [5.41, 5.74) is 4.57. The number of amides is 1. The van der Waals surface area contributed by atoms with Crippen LogP contribution in [0.25, 0.3) is 22.4 Å². The molecule has 0 N–H and O–H groups in total. The summed E-state index contributed by atoms with van der Waals surface area (Å²) in [5, 5.41) is 0. The Morgan fingerprint density at radius 2 is 1.85 bits per heavy atom. The van der Waals surface area contributed by atoms with E-state index in [1.54, 1.807) is 11.6 Å². The van der Waals surface area contributed by atoms with E-state index in [9.17, 15) is 9.59 Å². The molecule has 180 valence electrons. The molecule has 1 saturated carbocycles. The second-order valence-electron chi connectivity index (χ2n) is 11.2. The van der Waals surface area contributed by atoms with Gasteiger partial charge >= 0.3 is 5.69 Å². The molecule has 1 amide bonds. The molecule has 0 radical (unpaired) electrons. The Morgan fingerprint density at radius 3 is 2.56 bits per heavy atom. The minimum Gasteiger partial charge on any atom is -0.340 e. The summed E-state index contributed by atoms with van der Waals surface area (Å²) in [6.45, 7) is 11.0. The number of piperazine rings is 1. The Labute approximate surface area is 201 Å². The first kappa shape index (κ1) is 22.8. The van der Waals surface area contributed by atoms with Crippen molar-refractivity contribution < 1.29 is 4.79 Å². The monoisotopic (exact) mass is 461 g/mol. The highest BCUT2D eigenvalue weighted by atomic mass is 16.2. The van der Waals surface area contributed by atoms with Gasteiger partial charge in [0.05, 0.1) is 17.8 Å². The third-order valence-corrected chi connectivity index (χ3v) is 6.82. The molecule has 1 aliphatic carbocycles. The predicted molar refractivity (Wildman–Crippen MR) is 134 cm³/mol. The zero-order chi connectivity index (χ0) is 24.0. The maximum absolute atomic E-state index is 12.9. The van der Waals surface area contributed by atoms with Gasteiger partial charge in [0.15, 0.2) is 5.65 Å². The topological polar surface area (TPSA) is 63.4 Å². The molecular weight excluding hydrogens is 426 g/mol. The second kappa shape index (κ2) is 8.69. The molecule has 34 heavy (non-hydrogen) atoms. The minimum absolute atomic E-state index is 0.00409. The second-order valence-corrected chi connectivity index (χ2v) is 11.2. The number of fused-ring (bicyclic) bond motifs is 1. The lowest BCUT2D eigenvalue weighted by Gasteiger charge is -2.34. The van der Waals surface area contributed by atoms with Crippen LogP contribution in [-0.4, -0.2) is 56.0 Å². The van der Waals surface area contributed by atoms with Gasteiger partial charge in [-0.05, 0) is 47.9 Å². The van der Waals surface area contributed by atoms with Crippen LogP contribution in [0.3, 0.4) is 0 Å². The highest BCUT2D eigenvalue weighted by molar-refractivity contribution is 5.79. The van der Waals surface area contributed by atoms with Gasteiger partial charge in [-0.1, -0.05) is 39.0 Å². The van der Waals surface area contributed by atoms with Crippen molar-refractivity contribution in [2.24, 2.45) is 18.4 Å². The molecule has 0 atom stereocenters. The smallest absolute Gasteiger partial charge is 0.330 e. The lowest BCUT2D eigenvalue weighted by molar-refractivity contribution is -0.136. The van der Waals surface area contributed by atoms with Crippen molar-refractivity contribution >= 4 is 17.1 Å². The molecule has 2 aliphatic rings. The van der Waals surface area contributed by atoms with Gasteiger partial charge in [-0.2, -0.15) is 0 Å². The van der Waals surface area contributed by atoms with Crippen LogP contribution < -0.4 is 5.69 Å². The fourth-order valence-electron chi connectivity index (χ4n) is 4.85. The van der Waals surface area contributed by atoms with Crippen molar-refractivity contribution in [2.45, 2.75) is 46.7 Å². The van der Waals surface area contributed by atoms with Crippen molar-refractivity contribution in [3.8, 4) is 11.3 Å². The Hall–Kier alpha value is -2.93. The first-order valence-corrected chi connectivity index (χ1v) is 12.3. The van der Waals surface area contributed by atoms with Crippen LogP contribution in [0.4, 0.5) is 0 Å². The average molecular weight is 462 g/mol. The van der Waals surface area contributed by atoms with E-state index in [0.29, 0.717) is 18.7 Å². The van der Waals surface area contributed by atoms with Crippen LogP contribution >= 0.6 is 0 Å². The van der Waals surface area contributed by atoms with Crippen LogP contribution in [-0.2, 0) is 24.9 Å². The van der Waals surface area contributed by atoms with E-state index in [1.807, 2.05) is 27.7 Å². The van der Waals surface area contributed by atoms with Gasteiger partial charge in [-0.15, -0.1) is 0 Å². The van der Waals surface area contributed by atoms with Crippen molar-refractivity contribution in [1.29, 1.82) is 0 Å². The predicted octanol–water partition coefficient (Wildman–Crippen LogP) is 3.50. The molecule has 0 bridgehead atoms. The molecule has 7 nitrogen and oxygen atoms in total. The Bertz CT molecular complexity index is 1280. The number of hydrogen-bond donors (Lipinski definition) is 0. The summed E-state index contributed by atoms with van der Waals surface area (Å²) in [6, 6.07) is 12.4. The van der Waals surface area contributed by atoms with Crippen LogP contribution in [0, 0.1) is 11.3 Å². The number of benzene rings is 1. The van der Waals surface area contributed by atoms with Gasteiger partial charge in [-0.3, -0.25) is 18.8 Å². The van der Waals surface area contributed by atoms with Gasteiger partial charge < -0.3 is 4.90 Å². The van der Waals surface area contributed by atoms with E-state index in [1.165, 1.54) is 18.4 Å². The number of hydrogen-bond acceptors (Lipinski definition) is 4. The van der Waals surface area contributed by atoms with Gasteiger partial charge in [0.25, 0.3) is 0 Å². The first-order valence-electron chi connectivity index (χ1n) is 12.3. The van der Waals surface area contributed by atoms with Crippen molar-refractivity contribution in [3.63, 3.8) is 0 Å². The molecule has 0 unspecified atom stereocenters. The van der Waals surface area contributed by atoms with E-state index >= 15 is 0 Å². The molecule has 1 saturated heterocycles. The molecule has 0 spiro atoms. The third-order valence-electron chi connectivity index (χ3n) is 6.82. The molecule has 2 aromatic heterocycles. The van der Waals surface area contributed by atoms with E-state index in [0.717, 1.165) is 48.9 Å². The van der Waals surface area contributed by atoms with Crippen molar-refractivity contribution in [3.05, 3.63) is 52.4 Å². The Balaban J connectivity index is 1.35. The van der Waals surface area contributed by atoms with Crippen LogP contribution in [0.15, 0.2) is 41.2 Å². The maximum atomic E-state index is 12.9. The number of rotatable bonds is 6. The molecule has 1 aromatic carbocycles. The summed E-state index contributed by atoms with van der Waals surface area (Å²) < 4.78 is 3.46. The molecule has 2 fully saturated rings. The molecule has 1 aliphatic heterocycles. The van der Waals surface area contributed by atoms with E-state index in [2.05, 4.69) is 43.9 Å². The van der Waals surface area contributed by atoms with E-state index < -0.39 is 0 Å². The lowest BCUT2D eigenvalue weighted by Crippen LogP contribution is -2.50. The fraction of sp³-hybridized carbons (Fsp3) is 0.519. The minimum atomic E-state index is -0.0335. The number of carbonyl (C=O) groups excluding carboxylic acids is 1. The highest BCUT2D eigenvalue weighted by Gasteiger charge is 2.30. The van der Waals surface area contributed by atoms with Gasteiger partial charge in [0, 0.05) is 45.3 Å². The number of carbonyl (C=O) groups is 1. The standard InChI is InChI=1S/C27H35N5O2/c1-27(2,3)18-32-23-11-10-22(28-25(23)29(4)26(32)34)21-7-5-6-20(14-21)15-30-12-13-31(24(33)17-30)16-19-8-9-19/h5-7,10-11,14,19H,8-9,12-13,15-18H2,1-4H3. The van der Waals surface area contributed by atoms with Crippen molar-refractivity contribution in [2.75, 3.05) is 26.2 Å². The normalized spacial score (nSPS) is 17.6. The molecule has 7 heteroatoms. The summed E-state index contributed by atoms with van der Waals surface area (Å²) in [7, 11) is 1.79. The molecule has 5 rings (SSSR count). The number of aromatic nitrogens is 3.